The fourth-order valence-corrected chi connectivity index (χ4v) is 2.13. The molecule has 0 aromatic heterocycles. The van der Waals surface area contributed by atoms with Crippen molar-refractivity contribution in [3.8, 4) is 0 Å². The molecule has 0 radical (unpaired) electrons. The second kappa shape index (κ2) is 4.22. The highest BCUT2D eigenvalue weighted by Gasteiger charge is 2.29. The third kappa shape index (κ3) is 1.80. The third-order valence-corrected chi connectivity index (χ3v) is 3.04. The Kier molecular flexibility index (Phi) is 2.92. The number of nitrogen functional groups attached to an aromatic ring is 1. The summed E-state index contributed by atoms with van der Waals surface area (Å²) in [5.41, 5.74) is 6.95. The molecule has 1 fully saturated rings. The van der Waals surface area contributed by atoms with Gasteiger partial charge in [0.25, 0.3) is 0 Å². The maximum atomic E-state index is 11.9. The van der Waals surface area contributed by atoms with Crippen molar-refractivity contribution in [1.29, 1.82) is 0 Å². The van der Waals surface area contributed by atoms with Crippen LogP contribution in [0, 0.1) is 0 Å². The molecule has 4 nitrogen and oxygen atoms in total. The molecule has 86 valence electrons. The highest BCUT2D eigenvalue weighted by atomic mass is 35.5. The van der Waals surface area contributed by atoms with Crippen molar-refractivity contribution in [3.63, 3.8) is 0 Å². The summed E-state index contributed by atoms with van der Waals surface area (Å²) in [6.07, 6.45) is 0. The van der Waals surface area contributed by atoms with Gasteiger partial charge in [0.05, 0.1) is 10.7 Å². The van der Waals surface area contributed by atoms with Gasteiger partial charge in [0.1, 0.15) is 0 Å². The number of urea groups is 1. The number of hydrogen-bond donors (Lipinski definition) is 1. The topological polar surface area (TPSA) is 49.6 Å². The van der Waals surface area contributed by atoms with E-state index in [1.165, 1.54) is 0 Å². The molecule has 1 heterocycles. The van der Waals surface area contributed by atoms with E-state index in [9.17, 15) is 4.79 Å². The van der Waals surface area contributed by atoms with Gasteiger partial charge in [0.15, 0.2) is 0 Å². The summed E-state index contributed by atoms with van der Waals surface area (Å²) in [6.45, 7) is 4.11. The first kappa shape index (κ1) is 11.1. The summed E-state index contributed by atoms with van der Waals surface area (Å²) >= 11 is 6.07. The number of anilines is 2. The normalized spacial score (nSPS) is 16.0. The van der Waals surface area contributed by atoms with Crippen molar-refractivity contribution in [2.45, 2.75) is 6.92 Å². The second-order valence-corrected chi connectivity index (χ2v) is 4.13. The van der Waals surface area contributed by atoms with Gasteiger partial charge in [-0.25, -0.2) is 4.79 Å². The Bertz CT molecular complexity index is 422. The molecule has 1 aliphatic heterocycles. The maximum absolute atomic E-state index is 11.9. The van der Waals surface area contributed by atoms with Gasteiger partial charge < -0.3 is 10.6 Å². The lowest BCUT2D eigenvalue weighted by Crippen LogP contribution is -2.31. The molecule has 2 N–H and O–H groups in total. The highest BCUT2D eigenvalue weighted by molar-refractivity contribution is 6.34. The molecule has 1 saturated heterocycles. The molecule has 1 aromatic carbocycles. The molecule has 2 amide bonds. The van der Waals surface area contributed by atoms with Crippen molar-refractivity contribution >= 4 is 29.0 Å². The first-order chi connectivity index (χ1) is 7.63. The monoisotopic (exact) mass is 239 g/mol. The van der Waals surface area contributed by atoms with Gasteiger partial charge >= 0.3 is 6.03 Å². The van der Waals surface area contributed by atoms with E-state index in [1.807, 2.05) is 6.92 Å². The van der Waals surface area contributed by atoms with Gasteiger partial charge in [0.2, 0.25) is 0 Å². The van der Waals surface area contributed by atoms with E-state index in [0.29, 0.717) is 17.3 Å². The summed E-state index contributed by atoms with van der Waals surface area (Å²) in [4.78, 5) is 15.4. The zero-order valence-electron chi connectivity index (χ0n) is 9.11. The largest absolute Gasteiger partial charge is 0.399 e. The molecule has 2 rings (SSSR count). The number of nitrogens with two attached hydrogens (primary N) is 1. The maximum Gasteiger partial charge on any atom is 0.324 e. The molecule has 1 aliphatic rings. The van der Waals surface area contributed by atoms with Crippen LogP contribution in [0.4, 0.5) is 16.2 Å². The van der Waals surface area contributed by atoms with E-state index in [4.69, 9.17) is 17.3 Å². The van der Waals surface area contributed by atoms with Crippen LogP contribution in [0.3, 0.4) is 0 Å². The Morgan fingerprint density at radius 2 is 2.19 bits per heavy atom. The first-order valence-corrected chi connectivity index (χ1v) is 5.62. The summed E-state index contributed by atoms with van der Waals surface area (Å²) < 4.78 is 0. The van der Waals surface area contributed by atoms with Crippen LogP contribution in [0.15, 0.2) is 18.2 Å². The van der Waals surface area contributed by atoms with Gasteiger partial charge in [-0.15, -0.1) is 0 Å². The first-order valence-electron chi connectivity index (χ1n) is 5.25. The highest BCUT2D eigenvalue weighted by Crippen LogP contribution is 2.30. The Labute approximate surface area is 99.6 Å². The average Bonchev–Trinajstić information content (AvgIpc) is 2.60. The number of likely N-dealkylation sites (N-methyl/N-ethyl adjacent to an activating group) is 1. The lowest BCUT2D eigenvalue weighted by molar-refractivity contribution is 0.223. The summed E-state index contributed by atoms with van der Waals surface area (Å²) in [5, 5.41) is 0.520. The standard InChI is InChI=1S/C11H14ClN3O/c1-2-14-5-6-15(11(14)16)10-4-3-8(13)7-9(10)12/h3-4,7H,2,5-6,13H2,1H3. The minimum atomic E-state index is 0.00849. The van der Waals surface area contributed by atoms with Crippen LogP contribution < -0.4 is 10.6 Å². The summed E-state index contributed by atoms with van der Waals surface area (Å²) in [6, 6.07) is 5.21. The molecule has 16 heavy (non-hydrogen) atoms. The molecule has 0 aliphatic carbocycles. The molecule has 0 atom stereocenters. The quantitative estimate of drug-likeness (QED) is 0.805. The van der Waals surface area contributed by atoms with Crippen LogP contribution >= 0.6 is 11.6 Å². The third-order valence-electron chi connectivity index (χ3n) is 2.74. The average molecular weight is 240 g/mol. The van der Waals surface area contributed by atoms with Gasteiger partial charge in [-0.1, -0.05) is 11.6 Å². The number of benzene rings is 1. The van der Waals surface area contributed by atoms with E-state index in [0.717, 1.165) is 18.8 Å². The molecular weight excluding hydrogens is 226 g/mol. The van der Waals surface area contributed by atoms with E-state index in [1.54, 1.807) is 28.0 Å². The Morgan fingerprint density at radius 3 is 2.75 bits per heavy atom. The smallest absolute Gasteiger partial charge is 0.324 e. The summed E-state index contributed by atoms with van der Waals surface area (Å²) in [5.74, 6) is 0. The predicted molar refractivity (Wildman–Crippen MR) is 65.9 cm³/mol. The lowest BCUT2D eigenvalue weighted by atomic mass is 10.2. The van der Waals surface area contributed by atoms with Gasteiger partial charge in [0, 0.05) is 25.3 Å². The second-order valence-electron chi connectivity index (χ2n) is 3.72. The molecule has 0 saturated carbocycles. The van der Waals surface area contributed by atoms with Crippen molar-refractivity contribution < 1.29 is 4.79 Å². The molecule has 0 unspecified atom stereocenters. The zero-order chi connectivity index (χ0) is 11.7. The number of nitrogens with zero attached hydrogens (tertiary/aromatic N) is 2. The van der Waals surface area contributed by atoms with Crippen LogP contribution in [0.1, 0.15) is 6.92 Å². The van der Waals surface area contributed by atoms with Crippen LogP contribution in [-0.4, -0.2) is 30.6 Å². The summed E-state index contributed by atoms with van der Waals surface area (Å²) in [7, 11) is 0. The molecule has 5 heteroatoms. The predicted octanol–water partition coefficient (Wildman–Crippen LogP) is 2.18. The number of amides is 2. The number of carbonyl (C=O) groups is 1. The van der Waals surface area contributed by atoms with E-state index < -0.39 is 0 Å². The van der Waals surface area contributed by atoms with Crippen molar-refractivity contribution in [2.24, 2.45) is 0 Å². The Morgan fingerprint density at radius 1 is 1.44 bits per heavy atom. The minimum absolute atomic E-state index is 0.00849. The zero-order valence-corrected chi connectivity index (χ0v) is 9.87. The van der Waals surface area contributed by atoms with Crippen molar-refractivity contribution in [3.05, 3.63) is 23.2 Å². The van der Waals surface area contributed by atoms with Crippen molar-refractivity contribution in [1.82, 2.24) is 4.90 Å². The van der Waals surface area contributed by atoms with Crippen LogP contribution in [0.2, 0.25) is 5.02 Å². The number of rotatable bonds is 2. The molecule has 0 bridgehead atoms. The van der Waals surface area contributed by atoms with E-state index in [2.05, 4.69) is 0 Å². The number of hydrogen-bond acceptors (Lipinski definition) is 2. The SMILES string of the molecule is CCN1CCN(c2ccc(N)cc2Cl)C1=O. The van der Waals surface area contributed by atoms with Crippen molar-refractivity contribution in [2.75, 3.05) is 30.3 Å². The van der Waals surface area contributed by atoms with Gasteiger partial charge in [-0.05, 0) is 25.1 Å². The fourth-order valence-electron chi connectivity index (χ4n) is 1.84. The van der Waals surface area contributed by atoms with Crippen LogP contribution in [-0.2, 0) is 0 Å². The minimum Gasteiger partial charge on any atom is -0.399 e. The number of carbonyl (C=O) groups excluding carboxylic acids is 1. The Balaban J connectivity index is 2.29. The molecular formula is C11H14ClN3O. The fraction of sp³-hybridized carbons (Fsp3) is 0.364. The van der Waals surface area contributed by atoms with Gasteiger partial charge in [-0.3, -0.25) is 4.90 Å². The van der Waals surface area contributed by atoms with Crippen LogP contribution in [0.5, 0.6) is 0 Å². The molecule has 0 spiro atoms. The Hall–Kier alpha value is -1.42. The number of halogens is 1. The van der Waals surface area contributed by atoms with Crippen LogP contribution in [0.25, 0.3) is 0 Å². The van der Waals surface area contributed by atoms with E-state index >= 15 is 0 Å². The molecule has 1 aromatic rings. The lowest BCUT2D eigenvalue weighted by Gasteiger charge is -2.18. The van der Waals surface area contributed by atoms with Gasteiger partial charge in [-0.2, -0.15) is 0 Å². The van der Waals surface area contributed by atoms with E-state index in [-0.39, 0.29) is 6.03 Å².